The molecule has 0 amide bonds. The van der Waals surface area contributed by atoms with Crippen LogP contribution >= 0.6 is 0 Å². The van der Waals surface area contributed by atoms with Gasteiger partial charge in [0.05, 0.1) is 24.4 Å². The molecule has 0 aromatic heterocycles. The summed E-state index contributed by atoms with van der Waals surface area (Å²) < 4.78 is 27.0. The Labute approximate surface area is 165 Å². The van der Waals surface area contributed by atoms with Crippen molar-refractivity contribution in [3.05, 3.63) is 23.5 Å². The van der Waals surface area contributed by atoms with Crippen molar-refractivity contribution in [3.63, 3.8) is 0 Å². The molecule has 0 spiro atoms. The molecule has 0 radical (unpaired) electrons. The number of aliphatic hydroxyl groups excluding tert-OH is 4. The van der Waals surface area contributed by atoms with E-state index in [1.54, 1.807) is 6.08 Å². The highest BCUT2D eigenvalue weighted by atomic mass is 16.8. The van der Waals surface area contributed by atoms with E-state index < -0.39 is 73.5 Å². The molecule has 3 aliphatic heterocycles. The first-order valence-electron chi connectivity index (χ1n) is 9.18. The second-order valence-electron chi connectivity index (χ2n) is 7.35. The standard InChI is InChI=1S/C18H22O11/c1-6(20)25-4-7-2-9-12-8(16(24)27-9)5-26-17(11(7)12)29-18-15(23)14(22)13(21)10(3-19)28-18/h2,5,9-15,17-19,21-23H,3-4H2,1H3/t9-,10+,11+,12?,13+,14-,15+,17-,18-/m0/s1. The van der Waals surface area contributed by atoms with Gasteiger partial charge in [0.15, 0.2) is 6.29 Å². The number of ether oxygens (including phenoxy) is 5. The Hall–Kier alpha value is -2.02. The molecule has 29 heavy (non-hydrogen) atoms. The Morgan fingerprint density at radius 2 is 1.90 bits per heavy atom. The fourth-order valence-corrected chi connectivity index (χ4v) is 4.12. The Bertz CT molecular complexity index is 744. The van der Waals surface area contributed by atoms with E-state index in [1.807, 2.05) is 0 Å². The number of hydrogen-bond donors (Lipinski definition) is 4. The van der Waals surface area contributed by atoms with Crippen LogP contribution in [0.3, 0.4) is 0 Å². The molecule has 0 saturated carbocycles. The fourth-order valence-electron chi connectivity index (χ4n) is 4.12. The van der Waals surface area contributed by atoms with E-state index in [9.17, 15) is 30.0 Å². The third kappa shape index (κ3) is 3.43. The normalized spacial score (nSPS) is 43.1. The van der Waals surface area contributed by atoms with Gasteiger partial charge in [-0.15, -0.1) is 0 Å². The summed E-state index contributed by atoms with van der Waals surface area (Å²) in [5.41, 5.74) is 0.936. The van der Waals surface area contributed by atoms with Crippen molar-refractivity contribution in [2.24, 2.45) is 11.8 Å². The van der Waals surface area contributed by atoms with E-state index in [2.05, 4.69) is 0 Å². The molecule has 11 nitrogen and oxygen atoms in total. The van der Waals surface area contributed by atoms with Gasteiger partial charge in [0.25, 0.3) is 0 Å². The summed E-state index contributed by atoms with van der Waals surface area (Å²) in [6, 6.07) is 0. The van der Waals surface area contributed by atoms with Crippen LogP contribution in [0.2, 0.25) is 0 Å². The van der Waals surface area contributed by atoms with Crippen LogP contribution in [-0.4, -0.2) is 88.7 Å². The van der Waals surface area contributed by atoms with Crippen molar-refractivity contribution in [1.29, 1.82) is 0 Å². The first-order valence-corrected chi connectivity index (χ1v) is 9.18. The first kappa shape index (κ1) is 20.3. The van der Waals surface area contributed by atoms with Gasteiger partial charge in [0.1, 0.15) is 37.1 Å². The van der Waals surface area contributed by atoms with Crippen LogP contribution in [0.15, 0.2) is 23.5 Å². The topological polar surface area (TPSA) is 161 Å². The van der Waals surface area contributed by atoms with Gasteiger partial charge in [-0.25, -0.2) is 4.79 Å². The van der Waals surface area contributed by atoms with E-state index >= 15 is 0 Å². The van der Waals surface area contributed by atoms with Gasteiger partial charge in [-0.3, -0.25) is 4.79 Å². The summed E-state index contributed by atoms with van der Waals surface area (Å²) in [6.45, 7) is 0.602. The summed E-state index contributed by atoms with van der Waals surface area (Å²) in [5.74, 6) is -1.99. The number of rotatable bonds is 5. The van der Waals surface area contributed by atoms with Crippen LogP contribution in [-0.2, 0) is 33.3 Å². The second kappa shape index (κ2) is 7.67. The summed E-state index contributed by atoms with van der Waals surface area (Å²) in [7, 11) is 0. The molecule has 4 N–H and O–H groups in total. The minimum atomic E-state index is -1.61. The van der Waals surface area contributed by atoms with Crippen molar-refractivity contribution in [3.8, 4) is 0 Å². The van der Waals surface area contributed by atoms with Crippen molar-refractivity contribution >= 4 is 11.9 Å². The predicted molar refractivity (Wildman–Crippen MR) is 89.4 cm³/mol. The van der Waals surface area contributed by atoms with E-state index in [0.717, 1.165) is 0 Å². The van der Waals surface area contributed by atoms with E-state index in [0.29, 0.717) is 11.1 Å². The van der Waals surface area contributed by atoms with Crippen LogP contribution < -0.4 is 0 Å². The molecular weight excluding hydrogens is 392 g/mol. The van der Waals surface area contributed by atoms with Crippen LogP contribution in [0.25, 0.3) is 0 Å². The quantitative estimate of drug-likeness (QED) is 0.283. The van der Waals surface area contributed by atoms with E-state index in [1.165, 1.54) is 13.2 Å². The Morgan fingerprint density at radius 1 is 1.14 bits per heavy atom. The van der Waals surface area contributed by atoms with Crippen molar-refractivity contribution in [2.45, 2.75) is 50.0 Å². The molecule has 0 bridgehead atoms. The van der Waals surface area contributed by atoms with Crippen molar-refractivity contribution in [1.82, 2.24) is 0 Å². The largest absolute Gasteiger partial charge is 0.471 e. The van der Waals surface area contributed by atoms with Crippen LogP contribution in [0.4, 0.5) is 0 Å². The lowest BCUT2D eigenvalue weighted by atomic mass is 9.84. The zero-order valence-corrected chi connectivity index (χ0v) is 15.4. The molecule has 0 aromatic carbocycles. The average Bonchev–Trinajstić information content (AvgIpc) is 3.20. The van der Waals surface area contributed by atoms with Gasteiger partial charge in [0.2, 0.25) is 6.29 Å². The Morgan fingerprint density at radius 3 is 2.59 bits per heavy atom. The highest BCUT2D eigenvalue weighted by Gasteiger charge is 2.56. The molecule has 2 fully saturated rings. The monoisotopic (exact) mass is 414 g/mol. The molecule has 1 aliphatic carbocycles. The second-order valence-corrected chi connectivity index (χ2v) is 7.35. The fraction of sp³-hybridized carbons (Fsp3) is 0.667. The summed E-state index contributed by atoms with van der Waals surface area (Å²) in [6.07, 6.45) is -6.03. The zero-order chi connectivity index (χ0) is 20.9. The van der Waals surface area contributed by atoms with E-state index in [-0.39, 0.29) is 6.61 Å². The summed E-state index contributed by atoms with van der Waals surface area (Å²) >= 11 is 0. The lowest BCUT2D eigenvalue weighted by Crippen LogP contribution is -2.60. The maximum absolute atomic E-state index is 12.0. The molecule has 4 rings (SSSR count). The molecule has 2 saturated heterocycles. The van der Waals surface area contributed by atoms with Crippen molar-refractivity contribution < 1.29 is 53.7 Å². The molecule has 1 unspecified atom stereocenters. The van der Waals surface area contributed by atoms with Crippen LogP contribution in [0.5, 0.6) is 0 Å². The third-order valence-corrected chi connectivity index (χ3v) is 5.57. The molecule has 3 heterocycles. The van der Waals surface area contributed by atoms with Gasteiger partial charge in [-0.1, -0.05) is 0 Å². The lowest BCUT2D eigenvalue weighted by Gasteiger charge is -2.42. The van der Waals surface area contributed by atoms with Gasteiger partial charge < -0.3 is 44.1 Å². The van der Waals surface area contributed by atoms with Gasteiger partial charge in [-0.05, 0) is 11.6 Å². The van der Waals surface area contributed by atoms with E-state index in [4.69, 9.17) is 23.7 Å². The predicted octanol–water partition coefficient (Wildman–Crippen LogP) is -2.30. The third-order valence-electron chi connectivity index (χ3n) is 5.57. The van der Waals surface area contributed by atoms with Gasteiger partial charge >= 0.3 is 11.9 Å². The smallest absolute Gasteiger partial charge is 0.338 e. The SMILES string of the molecule is CC(=O)OCC1=C[C@@H]2OC(=O)C3=CO[C@@H](O[C@@H]4O[C@H](CO)[C@@H](O)[C@H](O)[C@H]4O)[C@H]1C32. The average molecular weight is 414 g/mol. The molecule has 0 aromatic rings. The molecule has 4 aliphatic rings. The highest BCUT2D eigenvalue weighted by molar-refractivity contribution is 5.92. The Kier molecular flexibility index (Phi) is 5.36. The minimum absolute atomic E-state index is 0.0598. The summed E-state index contributed by atoms with van der Waals surface area (Å²) in [5, 5.41) is 39.4. The van der Waals surface area contributed by atoms with Crippen LogP contribution in [0.1, 0.15) is 6.92 Å². The number of carbonyl (C=O) groups is 2. The molecular formula is C18H22O11. The number of carbonyl (C=O) groups excluding carboxylic acids is 2. The van der Waals surface area contributed by atoms with Crippen LogP contribution in [0, 0.1) is 11.8 Å². The van der Waals surface area contributed by atoms with Gasteiger partial charge in [0, 0.05) is 12.8 Å². The number of aliphatic hydroxyl groups is 4. The highest BCUT2D eigenvalue weighted by Crippen LogP contribution is 2.49. The van der Waals surface area contributed by atoms with Crippen molar-refractivity contribution in [2.75, 3.05) is 13.2 Å². The van der Waals surface area contributed by atoms with Gasteiger partial charge in [-0.2, -0.15) is 0 Å². The zero-order valence-electron chi connectivity index (χ0n) is 15.4. The number of hydrogen-bond acceptors (Lipinski definition) is 11. The maximum atomic E-state index is 12.0. The minimum Gasteiger partial charge on any atom is -0.471 e. The maximum Gasteiger partial charge on any atom is 0.338 e. The first-order chi connectivity index (χ1) is 13.8. The molecule has 11 heteroatoms. The summed E-state index contributed by atoms with van der Waals surface area (Å²) in [4.78, 5) is 23.2. The molecule has 9 atom stereocenters. The number of esters is 2. The Balaban J connectivity index is 1.56. The lowest BCUT2D eigenvalue weighted by molar-refractivity contribution is -0.339. The molecule has 160 valence electrons.